The van der Waals surface area contributed by atoms with E-state index in [1.54, 1.807) is 50.2 Å². The molecule has 14 heteroatoms. The number of amides is 5. The Morgan fingerprint density at radius 1 is 0.561 bits per heavy atom. The van der Waals surface area contributed by atoms with Gasteiger partial charge in [-0.1, -0.05) is 119 Å². The van der Waals surface area contributed by atoms with E-state index in [4.69, 9.17) is 5.73 Å². The maximum atomic E-state index is 14.3. The van der Waals surface area contributed by atoms with Gasteiger partial charge in [0.05, 0.1) is 6.04 Å². The number of hydrogen-bond donors (Lipinski definition) is 7. The molecule has 0 saturated carbocycles. The van der Waals surface area contributed by atoms with Crippen molar-refractivity contribution in [3.63, 3.8) is 0 Å². The fraction of sp³-hybridized carbons (Fsp3) is 0.442. The Kier molecular flexibility index (Phi) is 19.3. The van der Waals surface area contributed by atoms with Crippen molar-refractivity contribution >= 4 is 47.3 Å². The molecule has 0 aliphatic rings. The lowest BCUT2D eigenvalue weighted by Gasteiger charge is -2.28. The summed E-state index contributed by atoms with van der Waals surface area (Å²) in [5.74, 6) is -4.18. The monoisotopic (exact) mass is 802 g/mol. The lowest BCUT2D eigenvalue weighted by atomic mass is 9.99. The summed E-state index contributed by atoms with van der Waals surface area (Å²) in [5, 5.41) is 23.5. The van der Waals surface area contributed by atoms with Gasteiger partial charge in [0, 0.05) is 12.8 Å². The first kappa shape index (κ1) is 46.2. The van der Waals surface area contributed by atoms with Gasteiger partial charge in [-0.15, -0.1) is 0 Å². The van der Waals surface area contributed by atoms with Crippen molar-refractivity contribution in [3.8, 4) is 0 Å². The van der Waals surface area contributed by atoms with E-state index in [1.165, 1.54) is 11.8 Å². The van der Waals surface area contributed by atoms with E-state index in [2.05, 4.69) is 26.6 Å². The standard InChI is InChI=1S/C43H58N6O7S/c1-27(2)23-34(39(51)45-33(43(55)56)21-22-57-5)46-40(52)35(25-30-17-11-7-12-18-30)47-41(53)36(26-31-19-13-8-14-20-31)48-42(54)37(28(3)4)49-38(50)32(44)24-29-15-9-6-10-16-29/h6-20,27-28,32-37H,21-26,44H2,1-5H3,(H,45,51)(H,46,52)(H,47,53)(H,48,54)(H,49,50)(H,55,56)/t32-,33-,34-,35-,36-,37-/m0/s1. The summed E-state index contributed by atoms with van der Waals surface area (Å²) in [7, 11) is 0. The first-order valence-electron chi connectivity index (χ1n) is 19.3. The Morgan fingerprint density at radius 3 is 1.39 bits per heavy atom. The van der Waals surface area contributed by atoms with Crippen molar-refractivity contribution in [2.24, 2.45) is 17.6 Å². The molecule has 0 bridgehead atoms. The van der Waals surface area contributed by atoms with E-state index in [-0.39, 0.29) is 43.9 Å². The third-order valence-corrected chi connectivity index (χ3v) is 9.92. The number of carboxylic acid groups (broad SMARTS) is 1. The van der Waals surface area contributed by atoms with Gasteiger partial charge in [0.25, 0.3) is 0 Å². The molecule has 3 aromatic rings. The van der Waals surface area contributed by atoms with E-state index in [0.29, 0.717) is 5.75 Å². The normalized spacial score (nSPS) is 14.3. The number of carbonyl (C=O) groups excluding carboxylic acids is 5. The summed E-state index contributed by atoms with van der Waals surface area (Å²) >= 11 is 1.45. The van der Waals surface area contributed by atoms with Gasteiger partial charge in [-0.05, 0) is 59.8 Å². The highest BCUT2D eigenvalue weighted by molar-refractivity contribution is 7.98. The molecule has 0 unspecified atom stereocenters. The fourth-order valence-corrected chi connectivity index (χ4v) is 6.62. The van der Waals surface area contributed by atoms with Gasteiger partial charge in [0.15, 0.2) is 0 Å². The predicted octanol–water partition coefficient (Wildman–Crippen LogP) is 3.01. The van der Waals surface area contributed by atoms with Gasteiger partial charge < -0.3 is 37.4 Å². The molecule has 0 radical (unpaired) electrons. The largest absolute Gasteiger partial charge is 0.480 e. The topological polar surface area (TPSA) is 209 Å². The van der Waals surface area contributed by atoms with Crippen molar-refractivity contribution in [1.29, 1.82) is 0 Å². The molecule has 13 nitrogen and oxygen atoms in total. The van der Waals surface area contributed by atoms with Crippen LogP contribution >= 0.6 is 11.8 Å². The van der Waals surface area contributed by atoms with Crippen LogP contribution in [-0.4, -0.2) is 88.9 Å². The molecule has 0 spiro atoms. The third kappa shape index (κ3) is 16.1. The molecule has 0 aliphatic carbocycles. The Balaban J connectivity index is 1.88. The number of rotatable bonds is 23. The first-order chi connectivity index (χ1) is 27.2. The molecular weight excluding hydrogens is 745 g/mol. The van der Waals surface area contributed by atoms with Crippen LogP contribution in [0.1, 0.15) is 57.2 Å². The van der Waals surface area contributed by atoms with E-state index in [0.717, 1.165) is 16.7 Å². The zero-order valence-corrected chi connectivity index (χ0v) is 34.2. The molecule has 57 heavy (non-hydrogen) atoms. The average molecular weight is 803 g/mol. The van der Waals surface area contributed by atoms with Crippen molar-refractivity contribution in [3.05, 3.63) is 108 Å². The van der Waals surface area contributed by atoms with Gasteiger partial charge >= 0.3 is 5.97 Å². The van der Waals surface area contributed by atoms with Crippen LogP contribution in [0.5, 0.6) is 0 Å². The average Bonchev–Trinajstić information content (AvgIpc) is 3.18. The van der Waals surface area contributed by atoms with Crippen molar-refractivity contribution in [2.45, 2.75) is 96.1 Å². The van der Waals surface area contributed by atoms with Crippen molar-refractivity contribution in [1.82, 2.24) is 26.6 Å². The molecule has 0 aromatic heterocycles. The molecule has 8 N–H and O–H groups in total. The van der Waals surface area contributed by atoms with E-state index >= 15 is 0 Å². The summed E-state index contributed by atoms with van der Waals surface area (Å²) in [6.07, 6.45) is 2.63. The minimum Gasteiger partial charge on any atom is -0.480 e. The van der Waals surface area contributed by atoms with Crippen LogP contribution in [0.25, 0.3) is 0 Å². The number of aliphatic carboxylic acids is 1. The van der Waals surface area contributed by atoms with Crippen molar-refractivity contribution in [2.75, 3.05) is 12.0 Å². The molecule has 3 aromatic carbocycles. The Labute approximate surface area is 340 Å². The SMILES string of the molecule is CSCC[C@H](NC(=O)[C@H](CC(C)C)NC(=O)[C@H](Cc1ccccc1)NC(=O)[C@H](Cc1ccccc1)NC(=O)[C@@H](NC(=O)[C@@H](N)Cc1ccccc1)C(C)C)C(=O)O. The van der Waals surface area contributed by atoms with Crippen LogP contribution in [0.3, 0.4) is 0 Å². The summed E-state index contributed by atoms with van der Waals surface area (Å²) < 4.78 is 0. The second kappa shape index (κ2) is 23.8. The predicted molar refractivity (Wildman–Crippen MR) is 223 cm³/mol. The molecule has 308 valence electrons. The molecule has 0 fully saturated rings. The minimum atomic E-state index is -1.19. The van der Waals surface area contributed by atoms with E-state index in [9.17, 15) is 33.9 Å². The zero-order chi connectivity index (χ0) is 41.9. The van der Waals surface area contributed by atoms with Gasteiger partial charge in [0.2, 0.25) is 29.5 Å². The summed E-state index contributed by atoms with van der Waals surface area (Å²) in [6, 6.07) is 20.8. The van der Waals surface area contributed by atoms with Crippen LogP contribution in [0.15, 0.2) is 91.0 Å². The van der Waals surface area contributed by atoms with Crippen LogP contribution in [0, 0.1) is 11.8 Å². The molecule has 0 aliphatic heterocycles. The Bertz CT molecular complexity index is 1750. The molecule has 3 rings (SSSR count). The maximum absolute atomic E-state index is 14.3. The van der Waals surface area contributed by atoms with Gasteiger partial charge in [0.1, 0.15) is 30.2 Å². The van der Waals surface area contributed by atoms with Gasteiger partial charge in [-0.3, -0.25) is 24.0 Å². The van der Waals surface area contributed by atoms with Gasteiger partial charge in [-0.25, -0.2) is 4.79 Å². The van der Waals surface area contributed by atoms with Crippen LogP contribution in [0.2, 0.25) is 0 Å². The van der Waals surface area contributed by atoms with Crippen molar-refractivity contribution < 1.29 is 33.9 Å². The maximum Gasteiger partial charge on any atom is 0.326 e. The molecule has 0 saturated heterocycles. The number of hydrogen-bond acceptors (Lipinski definition) is 8. The molecule has 0 heterocycles. The van der Waals surface area contributed by atoms with Gasteiger partial charge in [-0.2, -0.15) is 11.8 Å². The summed E-state index contributed by atoms with van der Waals surface area (Å²) in [6.45, 7) is 7.29. The minimum absolute atomic E-state index is 0.0505. The number of carbonyl (C=O) groups is 6. The third-order valence-electron chi connectivity index (χ3n) is 9.28. The smallest absolute Gasteiger partial charge is 0.326 e. The number of carboxylic acids is 1. The quantitative estimate of drug-likeness (QED) is 0.0751. The van der Waals surface area contributed by atoms with E-state index in [1.807, 2.05) is 74.7 Å². The lowest BCUT2D eigenvalue weighted by Crippen LogP contribution is -2.60. The zero-order valence-electron chi connectivity index (χ0n) is 33.4. The second-order valence-electron chi connectivity index (χ2n) is 14.9. The number of benzene rings is 3. The highest BCUT2D eigenvalue weighted by Crippen LogP contribution is 2.12. The fourth-order valence-electron chi connectivity index (χ4n) is 6.15. The lowest BCUT2D eigenvalue weighted by molar-refractivity contribution is -0.142. The van der Waals surface area contributed by atoms with Crippen LogP contribution in [-0.2, 0) is 48.0 Å². The number of nitrogens with two attached hydrogens (primary N) is 1. The highest BCUT2D eigenvalue weighted by atomic mass is 32.2. The summed E-state index contributed by atoms with van der Waals surface area (Å²) in [5.41, 5.74) is 8.56. The molecule has 5 amide bonds. The van der Waals surface area contributed by atoms with Crippen LogP contribution < -0.4 is 32.3 Å². The Morgan fingerprint density at radius 2 is 0.965 bits per heavy atom. The molecule has 6 atom stereocenters. The van der Waals surface area contributed by atoms with E-state index < -0.39 is 71.8 Å². The van der Waals surface area contributed by atoms with Crippen LogP contribution in [0.4, 0.5) is 0 Å². The molecular formula is C43H58N6O7S. The summed E-state index contributed by atoms with van der Waals surface area (Å²) in [4.78, 5) is 80.9. The Hall–Kier alpha value is -5.21. The first-order valence-corrected chi connectivity index (χ1v) is 20.7. The number of nitrogens with one attached hydrogen (secondary N) is 5. The number of thioether (sulfide) groups is 1. The highest BCUT2D eigenvalue weighted by Gasteiger charge is 2.34. The second-order valence-corrected chi connectivity index (χ2v) is 15.9.